The van der Waals surface area contributed by atoms with Gasteiger partial charge in [-0.25, -0.2) is 13.4 Å². The quantitative estimate of drug-likeness (QED) is 0.718. The molecular weight excluding hydrogens is 344 g/mol. The van der Waals surface area contributed by atoms with Gasteiger partial charge in [-0.2, -0.15) is 0 Å². The van der Waals surface area contributed by atoms with Gasteiger partial charge in [-0.3, -0.25) is 4.72 Å². The predicted octanol–water partition coefficient (Wildman–Crippen LogP) is 4.06. The third kappa shape index (κ3) is 3.52. The first-order chi connectivity index (χ1) is 11.5. The van der Waals surface area contributed by atoms with Crippen molar-refractivity contribution in [3.63, 3.8) is 0 Å². The molecule has 0 aliphatic rings. The number of benzene rings is 2. The van der Waals surface area contributed by atoms with Gasteiger partial charge in [0.2, 0.25) is 0 Å². The number of aryl methyl sites for hydroxylation is 1. The molecule has 1 N–H and O–H groups in total. The Hall–Kier alpha value is -2.12. The fourth-order valence-corrected chi connectivity index (χ4v) is 4.41. The molecule has 0 unspecified atom stereocenters. The first kappa shape index (κ1) is 16.7. The molecular formula is C17H18N2O3S2. The van der Waals surface area contributed by atoms with Crippen LogP contribution in [-0.4, -0.2) is 20.0 Å². The van der Waals surface area contributed by atoms with Gasteiger partial charge < -0.3 is 4.74 Å². The molecule has 5 nitrogen and oxygen atoms in total. The SMILES string of the molecule is CCOc1ccc2nc(NS(=O)(=O)c3ccc(CC)cc3)sc2c1. The summed E-state index contributed by atoms with van der Waals surface area (Å²) in [7, 11) is -3.64. The van der Waals surface area contributed by atoms with E-state index in [2.05, 4.69) is 9.71 Å². The largest absolute Gasteiger partial charge is 0.494 e. The molecule has 1 aromatic heterocycles. The standard InChI is InChI=1S/C17H18N2O3S2/c1-3-12-5-8-14(9-6-12)24(20,21)19-17-18-15-10-7-13(22-4-2)11-16(15)23-17/h5-11H,3-4H2,1-2H3,(H,18,19). The van der Waals surface area contributed by atoms with Crippen molar-refractivity contribution in [2.75, 3.05) is 11.3 Å². The van der Waals surface area contributed by atoms with Gasteiger partial charge in [0.1, 0.15) is 5.75 Å². The lowest BCUT2D eigenvalue weighted by Crippen LogP contribution is -2.12. The van der Waals surface area contributed by atoms with E-state index in [4.69, 9.17) is 4.74 Å². The van der Waals surface area contributed by atoms with Crippen LogP contribution in [0.1, 0.15) is 19.4 Å². The molecule has 0 amide bonds. The van der Waals surface area contributed by atoms with E-state index in [0.29, 0.717) is 11.7 Å². The van der Waals surface area contributed by atoms with Crippen LogP contribution >= 0.6 is 11.3 Å². The van der Waals surface area contributed by atoms with Gasteiger partial charge in [-0.1, -0.05) is 30.4 Å². The second kappa shape index (κ2) is 6.78. The van der Waals surface area contributed by atoms with Crippen molar-refractivity contribution in [3.05, 3.63) is 48.0 Å². The van der Waals surface area contributed by atoms with Crippen LogP contribution < -0.4 is 9.46 Å². The minimum Gasteiger partial charge on any atom is -0.494 e. The van der Waals surface area contributed by atoms with E-state index in [0.717, 1.165) is 28.0 Å². The summed E-state index contributed by atoms with van der Waals surface area (Å²) in [6, 6.07) is 12.4. The highest BCUT2D eigenvalue weighted by molar-refractivity contribution is 7.93. The number of sulfonamides is 1. The fourth-order valence-electron chi connectivity index (χ4n) is 2.28. The molecule has 1 heterocycles. The number of ether oxygens (including phenoxy) is 1. The summed E-state index contributed by atoms with van der Waals surface area (Å²) in [4.78, 5) is 4.56. The normalized spacial score (nSPS) is 11.6. The molecule has 0 fully saturated rings. The van der Waals surface area contributed by atoms with Gasteiger partial charge in [-0.05, 0) is 49.2 Å². The summed E-state index contributed by atoms with van der Waals surface area (Å²) in [6.07, 6.45) is 0.869. The predicted molar refractivity (Wildman–Crippen MR) is 97.4 cm³/mol. The third-order valence-electron chi connectivity index (χ3n) is 3.53. The molecule has 0 aliphatic heterocycles. The van der Waals surface area contributed by atoms with E-state index < -0.39 is 10.0 Å². The maximum Gasteiger partial charge on any atom is 0.263 e. The average Bonchev–Trinajstić information content (AvgIpc) is 2.96. The lowest BCUT2D eigenvalue weighted by atomic mass is 10.2. The second-order valence-corrected chi connectivity index (χ2v) is 7.90. The molecule has 0 bridgehead atoms. The highest BCUT2D eigenvalue weighted by Gasteiger charge is 2.16. The summed E-state index contributed by atoms with van der Waals surface area (Å²) in [5.74, 6) is 0.748. The van der Waals surface area contributed by atoms with Gasteiger partial charge in [0, 0.05) is 0 Å². The van der Waals surface area contributed by atoms with E-state index in [1.165, 1.54) is 11.3 Å². The first-order valence-electron chi connectivity index (χ1n) is 7.67. The molecule has 0 radical (unpaired) electrons. The van der Waals surface area contributed by atoms with Gasteiger partial charge in [0.15, 0.2) is 5.13 Å². The minimum absolute atomic E-state index is 0.231. The zero-order chi connectivity index (χ0) is 17.2. The minimum atomic E-state index is -3.64. The number of thiazole rings is 1. The molecule has 0 atom stereocenters. The number of nitrogens with zero attached hydrogens (tertiary/aromatic N) is 1. The van der Waals surface area contributed by atoms with Crippen LogP contribution in [0.25, 0.3) is 10.2 Å². The lowest BCUT2D eigenvalue weighted by Gasteiger charge is -2.05. The summed E-state index contributed by atoms with van der Waals surface area (Å²) in [6.45, 7) is 4.52. The van der Waals surface area contributed by atoms with Crippen LogP contribution in [0.2, 0.25) is 0 Å². The molecule has 126 valence electrons. The Labute approximate surface area is 145 Å². The van der Waals surface area contributed by atoms with E-state index >= 15 is 0 Å². The van der Waals surface area contributed by atoms with Gasteiger partial charge in [0.05, 0.1) is 21.7 Å². The summed E-state index contributed by atoms with van der Waals surface area (Å²) < 4.78 is 33.8. The molecule has 24 heavy (non-hydrogen) atoms. The smallest absolute Gasteiger partial charge is 0.263 e. The number of hydrogen-bond donors (Lipinski definition) is 1. The maximum atomic E-state index is 12.5. The highest BCUT2D eigenvalue weighted by atomic mass is 32.2. The van der Waals surface area contributed by atoms with Crippen molar-refractivity contribution in [1.29, 1.82) is 0 Å². The lowest BCUT2D eigenvalue weighted by molar-refractivity contribution is 0.341. The molecule has 3 aromatic rings. The molecule has 2 aromatic carbocycles. The van der Waals surface area contributed by atoms with Gasteiger partial charge >= 0.3 is 0 Å². The van der Waals surface area contributed by atoms with Crippen molar-refractivity contribution >= 4 is 36.7 Å². The second-order valence-electron chi connectivity index (χ2n) is 5.18. The zero-order valence-electron chi connectivity index (χ0n) is 13.4. The Morgan fingerprint density at radius 1 is 1.12 bits per heavy atom. The Kier molecular flexibility index (Phi) is 4.73. The first-order valence-corrected chi connectivity index (χ1v) is 9.97. The van der Waals surface area contributed by atoms with Crippen LogP contribution in [-0.2, 0) is 16.4 Å². The van der Waals surface area contributed by atoms with Crippen LogP contribution in [0.5, 0.6) is 5.75 Å². The van der Waals surface area contributed by atoms with Crippen LogP contribution in [0.4, 0.5) is 5.13 Å². The Morgan fingerprint density at radius 2 is 1.88 bits per heavy atom. The maximum absolute atomic E-state index is 12.5. The van der Waals surface area contributed by atoms with Crippen molar-refractivity contribution < 1.29 is 13.2 Å². The number of hydrogen-bond acceptors (Lipinski definition) is 5. The van der Waals surface area contributed by atoms with Crippen LogP contribution in [0.3, 0.4) is 0 Å². The van der Waals surface area contributed by atoms with Crippen molar-refractivity contribution in [2.24, 2.45) is 0 Å². The number of rotatable bonds is 6. The molecule has 0 saturated heterocycles. The Bertz CT molecular complexity index is 948. The number of nitrogens with one attached hydrogen (secondary N) is 1. The third-order valence-corrected chi connectivity index (χ3v) is 5.95. The fraction of sp³-hybridized carbons (Fsp3) is 0.235. The van der Waals surface area contributed by atoms with Crippen LogP contribution in [0.15, 0.2) is 47.4 Å². The number of anilines is 1. The topological polar surface area (TPSA) is 68.3 Å². The summed E-state index contributed by atoms with van der Waals surface area (Å²) >= 11 is 1.29. The van der Waals surface area contributed by atoms with E-state index in [-0.39, 0.29) is 4.90 Å². The molecule has 3 rings (SSSR count). The monoisotopic (exact) mass is 362 g/mol. The number of fused-ring (bicyclic) bond motifs is 1. The zero-order valence-corrected chi connectivity index (χ0v) is 15.1. The van der Waals surface area contributed by atoms with Crippen molar-refractivity contribution in [1.82, 2.24) is 4.98 Å². The van der Waals surface area contributed by atoms with Crippen molar-refractivity contribution in [3.8, 4) is 5.75 Å². The van der Waals surface area contributed by atoms with E-state index in [1.54, 1.807) is 12.1 Å². The Morgan fingerprint density at radius 3 is 2.54 bits per heavy atom. The summed E-state index contributed by atoms with van der Waals surface area (Å²) in [5, 5.41) is 0.346. The van der Waals surface area contributed by atoms with Gasteiger partial charge in [-0.15, -0.1) is 0 Å². The summed E-state index contributed by atoms with van der Waals surface area (Å²) in [5.41, 5.74) is 1.83. The molecule has 0 aliphatic carbocycles. The molecule has 7 heteroatoms. The molecule has 0 spiro atoms. The van der Waals surface area contributed by atoms with Gasteiger partial charge in [0.25, 0.3) is 10.0 Å². The molecule has 0 saturated carbocycles. The highest BCUT2D eigenvalue weighted by Crippen LogP contribution is 2.30. The Balaban J connectivity index is 1.87. The van der Waals surface area contributed by atoms with Crippen LogP contribution in [0, 0.1) is 0 Å². The number of aromatic nitrogens is 1. The van der Waals surface area contributed by atoms with Crippen molar-refractivity contribution in [2.45, 2.75) is 25.2 Å². The van der Waals surface area contributed by atoms with E-state index in [9.17, 15) is 8.42 Å². The average molecular weight is 362 g/mol. The van der Waals surface area contributed by atoms with E-state index in [1.807, 2.05) is 44.2 Å².